The number of nitrogens with two attached hydrogens (primary N) is 1. The number of phenols is 1. The molecule has 3 N–H and O–H groups in total. The van der Waals surface area contributed by atoms with Gasteiger partial charge in [0.05, 0.1) is 12.0 Å². The molecule has 0 radical (unpaired) electrons. The standard InChI is InChI=1S/C15H21N3O/c1-11(2)7-14(16)15-8-17-10-18(15)9-12-3-5-13(19)6-4-12/h3-6,8,10-11,14,19H,7,9,16H2,1-2H3. The Kier molecular flexibility index (Phi) is 4.22. The average Bonchev–Trinajstić information content (AvgIpc) is 2.79. The Bertz CT molecular complexity index is 516. The first-order valence-corrected chi connectivity index (χ1v) is 6.59. The lowest BCUT2D eigenvalue weighted by Crippen LogP contribution is -2.17. The van der Waals surface area contributed by atoms with Crippen LogP contribution in [0.4, 0.5) is 0 Å². The topological polar surface area (TPSA) is 64.1 Å². The van der Waals surface area contributed by atoms with Crippen molar-refractivity contribution in [2.24, 2.45) is 11.7 Å². The van der Waals surface area contributed by atoms with Gasteiger partial charge in [-0.15, -0.1) is 0 Å². The van der Waals surface area contributed by atoms with E-state index in [0.29, 0.717) is 5.92 Å². The van der Waals surface area contributed by atoms with E-state index in [9.17, 15) is 5.11 Å². The summed E-state index contributed by atoms with van der Waals surface area (Å²) in [5.41, 5.74) is 8.39. The van der Waals surface area contributed by atoms with Crippen molar-refractivity contribution in [3.8, 4) is 5.75 Å². The lowest BCUT2D eigenvalue weighted by molar-refractivity contribution is 0.474. The first-order valence-electron chi connectivity index (χ1n) is 6.59. The molecule has 0 spiro atoms. The van der Waals surface area contributed by atoms with Gasteiger partial charge < -0.3 is 15.4 Å². The van der Waals surface area contributed by atoms with Crippen molar-refractivity contribution < 1.29 is 5.11 Å². The zero-order valence-corrected chi connectivity index (χ0v) is 11.5. The monoisotopic (exact) mass is 259 g/mol. The predicted octanol–water partition coefficient (Wildman–Crippen LogP) is 2.68. The number of aromatic nitrogens is 2. The fourth-order valence-electron chi connectivity index (χ4n) is 2.20. The smallest absolute Gasteiger partial charge is 0.115 e. The van der Waals surface area contributed by atoms with Gasteiger partial charge in [0, 0.05) is 18.8 Å². The minimum Gasteiger partial charge on any atom is -0.508 e. The van der Waals surface area contributed by atoms with E-state index in [1.165, 1.54) is 0 Å². The summed E-state index contributed by atoms with van der Waals surface area (Å²) in [6, 6.07) is 7.22. The largest absolute Gasteiger partial charge is 0.508 e. The molecule has 2 rings (SSSR count). The maximum atomic E-state index is 9.29. The average molecular weight is 259 g/mol. The van der Waals surface area contributed by atoms with E-state index in [-0.39, 0.29) is 11.8 Å². The second-order valence-electron chi connectivity index (χ2n) is 5.35. The zero-order valence-electron chi connectivity index (χ0n) is 11.5. The highest BCUT2D eigenvalue weighted by Crippen LogP contribution is 2.19. The summed E-state index contributed by atoms with van der Waals surface area (Å²) in [4.78, 5) is 4.20. The fourth-order valence-corrected chi connectivity index (χ4v) is 2.20. The normalized spacial score (nSPS) is 12.8. The van der Waals surface area contributed by atoms with Gasteiger partial charge in [0.2, 0.25) is 0 Å². The number of phenolic OH excluding ortho intramolecular Hbond substituents is 1. The third kappa shape index (κ3) is 3.58. The second kappa shape index (κ2) is 5.89. The van der Waals surface area contributed by atoms with Crippen molar-refractivity contribution in [2.75, 3.05) is 0 Å². The SMILES string of the molecule is CC(C)CC(N)c1cncn1Cc1ccc(O)cc1. The molecule has 0 aliphatic rings. The maximum absolute atomic E-state index is 9.29. The van der Waals surface area contributed by atoms with E-state index in [1.54, 1.807) is 12.1 Å². The molecule has 0 amide bonds. The number of rotatable bonds is 5. The fraction of sp³-hybridized carbons (Fsp3) is 0.400. The zero-order chi connectivity index (χ0) is 13.8. The highest BCUT2D eigenvalue weighted by atomic mass is 16.3. The van der Waals surface area contributed by atoms with E-state index >= 15 is 0 Å². The maximum Gasteiger partial charge on any atom is 0.115 e. The van der Waals surface area contributed by atoms with Crippen LogP contribution in [-0.2, 0) is 6.54 Å². The number of nitrogens with zero attached hydrogens (tertiary/aromatic N) is 2. The number of hydrogen-bond acceptors (Lipinski definition) is 3. The van der Waals surface area contributed by atoms with Crippen LogP contribution in [0.25, 0.3) is 0 Å². The highest BCUT2D eigenvalue weighted by molar-refractivity contribution is 5.26. The number of aromatic hydroxyl groups is 1. The summed E-state index contributed by atoms with van der Waals surface area (Å²) in [6.07, 6.45) is 4.59. The van der Waals surface area contributed by atoms with Gasteiger partial charge in [0.25, 0.3) is 0 Å². The van der Waals surface area contributed by atoms with E-state index in [0.717, 1.165) is 24.2 Å². The van der Waals surface area contributed by atoms with E-state index in [2.05, 4.69) is 23.4 Å². The van der Waals surface area contributed by atoms with Crippen LogP contribution in [0.5, 0.6) is 5.75 Å². The van der Waals surface area contributed by atoms with Crippen LogP contribution >= 0.6 is 0 Å². The summed E-state index contributed by atoms with van der Waals surface area (Å²) in [7, 11) is 0. The van der Waals surface area contributed by atoms with Crippen LogP contribution < -0.4 is 5.73 Å². The highest BCUT2D eigenvalue weighted by Gasteiger charge is 2.13. The molecule has 1 atom stereocenters. The molecule has 1 aromatic carbocycles. The summed E-state index contributed by atoms with van der Waals surface area (Å²) in [5.74, 6) is 0.845. The third-order valence-corrected chi connectivity index (χ3v) is 3.14. The van der Waals surface area contributed by atoms with Crippen molar-refractivity contribution in [1.82, 2.24) is 9.55 Å². The first-order chi connectivity index (χ1) is 9.06. The Labute approximate surface area is 113 Å². The Balaban J connectivity index is 2.13. The Hall–Kier alpha value is -1.81. The Morgan fingerprint density at radius 3 is 2.58 bits per heavy atom. The van der Waals surface area contributed by atoms with Crippen molar-refractivity contribution in [3.63, 3.8) is 0 Å². The molecule has 1 aromatic heterocycles. The minimum absolute atomic E-state index is 0.0135. The molecular weight excluding hydrogens is 238 g/mol. The van der Waals surface area contributed by atoms with Crippen molar-refractivity contribution in [3.05, 3.63) is 48.0 Å². The summed E-state index contributed by atoms with van der Waals surface area (Å²) >= 11 is 0. The van der Waals surface area contributed by atoms with Gasteiger partial charge in [0.15, 0.2) is 0 Å². The molecule has 0 saturated carbocycles. The van der Waals surface area contributed by atoms with Gasteiger partial charge in [-0.05, 0) is 30.0 Å². The molecule has 19 heavy (non-hydrogen) atoms. The lowest BCUT2D eigenvalue weighted by Gasteiger charge is -2.16. The summed E-state index contributed by atoms with van der Waals surface area (Å²) in [6.45, 7) is 5.06. The molecule has 2 aromatic rings. The lowest BCUT2D eigenvalue weighted by atomic mass is 10.0. The van der Waals surface area contributed by atoms with Crippen LogP contribution in [0.15, 0.2) is 36.8 Å². The first kappa shape index (κ1) is 13.6. The van der Waals surface area contributed by atoms with Crippen molar-refractivity contribution in [1.29, 1.82) is 0 Å². The molecule has 0 fully saturated rings. The molecule has 1 heterocycles. The molecule has 0 bridgehead atoms. The Morgan fingerprint density at radius 1 is 1.26 bits per heavy atom. The van der Waals surface area contributed by atoms with Gasteiger partial charge in [-0.3, -0.25) is 0 Å². The number of benzene rings is 1. The van der Waals surface area contributed by atoms with Gasteiger partial charge in [0.1, 0.15) is 5.75 Å². The minimum atomic E-state index is 0.0135. The summed E-state index contributed by atoms with van der Waals surface area (Å²) in [5, 5.41) is 9.29. The molecule has 0 saturated heterocycles. The molecule has 0 aliphatic heterocycles. The molecule has 4 heteroatoms. The quantitative estimate of drug-likeness (QED) is 0.867. The number of imidazole rings is 1. The molecule has 1 unspecified atom stereocenters. The van der Waals surface area contributed by atoms with E-state index < -0.39 is 0 Å². The van der Waals surface area contributed by atoms with Gasteiger partial charge in [-0.2, -0.15) is 0 Å². The van der Waals surface area contributed by atoms with E-state index in [4.69, 9.17) is 5.73 Å². The third-order valence-electron chi connectivity index (χ3n) is 3.14. The number of hydrogen-bond donors (Lipinski definition) is 2. The van der Waals surface area contributed by atoms with Crippen LogP contribution in [0.3, 0.4) is 0 Å². The molecular formula is C15H21N3O. The summed E-state index contributed by atoms with van der Waals surface area (Å²) < 4.78 is 2.07. The van der Waals surface area contributed by atoms with Gasteiger partial charge in [-0.25, -0.2) is 4.98 Å². The van der Waals surface area contributed by atoms with Crippen molar-refractivity contribution >= 4 is 0 Å². The predicted molar refractivity (Wildman–Crippen MR) is 75.8 cm³/mol. The van der Waals surface area contributed by atoms with E-state index in [1.807, 2.05) is 24.7 Å². The molecule has 4 nitrogen and oxygen atoms in total. The van der Waals surface area contributed by atoms with Gasteiger partial charge >= 0.3 is 0 Å². The van der Waals surface area contributed by atoms with Crippen molar-refractivity contribution in [2.45, 2.75) is 32.9 Å². The Morgan fingerprint density at radius 2 is 1.95 bits per heavy atom. The second-order valence-corrected chi connectivity index (χ2v) is 5.35. The van der Waals surface area contributed by atoms with Crippen LogP contribution in [0, 0.1) is 5.92 Å². The van der Waals surface area contributed by atoms with Crippen LogP contribution in [0.1, 0.15) is 37.6 Å². The van der Waals surface area contributed by atoms with Crippen LogP contribution in [-0.4, -0.2) is 14.7 Å². The molecule has 0 aliphatic carbocycles. The molecule has 102 valence electrons. The van der Waals surface area contributed by atoms with Crippen LogP contribution in [0.2, 0.25) is 0 Å². The van der Waals surface area contributed by atoms with Gasteiger partial charge in [-0.1, -0.05) is 26.0 Å².